The first-order chi connectivity index (χ1) is 35.9. The maximum atomic E-state index is 14.2. The molecule has 6 aromatic heterocycles. The molecular formula is C51H56N18O5. The summed E-state index contributed by atoms with van der Waals surface area (Å²) in [5.41, 5.74) is 6.97. The molecule has 0 bridgehead atoms. The zero-order chi connectivity index (χ0) is 51.5. The minimum atomic E-state index is -1.04. The molecule has 74 heavy (non-hydrogen) atoms. The Hall–Kier alpha value is -8.57. The number of pyridine rings is 2. The molecule has 2 aliphatic heterocycles. The molecule has 0 radical (unpaired) electrons. The number of hydrogen-bond acceptors (Lipinski definition) is 17. The van der Waals surface area contributed by atoms with E-state index in [4.69, 9.17) is 9.47 Å². The monoisotopic (exact) mass is 1000 g/mol. The largest absolute Gasteiger partial charge is 0.512 e. The van der Waals surface area contributed by atoms with Gasteiger partial charge in [0.05, 0.1) is 24.5 Å². The Morgan fingerprint density at radius 2 is 1.04 bits per heavy atom. The van der Waals surface area contributed by atoms with Crippen molar-refractivity contribution in [3.63, 3.8) is 0 Å². The first-order valence-electron chi connectivity index (χ1n) is 24.6. The van der Waals surface area contributed by atoms with E-state index >= 15 is 0 Å². The summed E-state index contributed by atoms with van der Waals surface area (Å²) < 4.78 is 14.4. The Kier molecular flexibility index (Phi) is 14.1. The van der Waals surface area contributed by atoms with Crippen LogP contribution in [0, 0.1) is 13.8 Å². The van der Waals surface area contributed by atoms with Crippen LogP contribution in [0.4, 0.5) is 16.4 Å². The summed E-state index contributed by atoms with van der Waals surface area (Å²) in [6, 6.07) is 22.3. The fraction of sp³-hybridized carbons (Fsp3) is 0.353. The SMILES string of the molecule is Cc1cccnc1N(C(=O)c1ccc(-c2cnn(C)c2-c2nnn([C@H](C)OC(=O)O[C@@H](C)n3nnc(-c4c(-c5ccc(C(=O)N(c6ncccc6C)[C@@H]6CCCNC6)cc5)cnn4C)n3)n2)cc1)[C@@H]1CCCNC1. The molecule has 0 aliphatic carbocycles. The van der Waals surface area contributed by atoms with Gasteiger partial charge in [0.2, 0.25) is 24.1 Å². The topological polar surface area (TPSA) is 249 Å². The molecule has 2 aromatic carbocycles. The minimum absolute atomic E-state index is 0.0332. The van der Waals surface area contributed by atoms with Gasteiger partial charge in [0, 0.05) is 61.8 Å². The number of aromatic nitrogens is 14. The fourth-order valence-electron chi connectivity index (χ4n) is 9.48. The zero-order valence-electron chi connectivity index (χ0n) is 41.9. The molecule has 23 nitrogen and oxygen atoms in total. The lowest BCUT2D eigenvalue weighted by Crippen LogP contribution is -2.49. The van der Waals surface area contributed by atoms with Gasteiger partial charge in [-0.2, -0.15) is 10.2 Å². The molecule has 4 atom stereocenters. The van der Waals surface area contributed by atoms with Crippen molar-refractivity contribution < 1.29 is 23.9 Å². The number of tetrazole rings is 2. The number of carbonyl (C=O) groups excluding carboxylic acids is 3. The Labute approximate surface area is 425 Å². The van der Waals surface area contributed by atoms with Crippen LogP contribution in [0.1, 0.15) is 83.8 Å². The summed E-state index contributed by atoms with van der Waals surface area (Å²) >= 11 is 0. The van der Waals surface area contributed by atoms with Gasteiger partial charge >= 0.3 is 6.16 Å². The van der Waals surface area contributed by atoms with Gasteiger partial charge in [-0.25, -0.2) is 14.8 Å². The van der Waals surface area contributed by atoms with Gasteiger partial charge in [0.15, 0.2) is 0 Å². The summed E-state index contributed by atoms with van der Waals surface area (Å²) in [5, 5.41) is 41.8. The van der Waals surface area contributed by atoms with Gasteiger partial charge in [-0.15, -0.1) is 30.0 Å². The predicted molar refractivity (Wildman–Crippen MR) is 271 cm³/mol. The fourth-order valence-corrected chi connectivity index (χ4v) is 9.48. The van der Waals surface area contributed by atoms with Crippen molar-refractivity contribution in [1.82, 2.24) is 80.6 Å². The number of benzene rings is 2. The van der Waals surface area contributed by atoms with Crippen LogP contribution in [-0.2, 0) is 23.6 Å². The number of ether oxygens (including phenoxy) is 2. The van der Waals surface area contributed by atoms with E-state index in [2.05, 4.69) is 61.6 Å². The van der Waals surface area contributed by atoms with Crippen LogP contribution < -0.4 is 20.4 Å². The molecule has 2 N–H and O–H groups in total. The van der Waals surface area contributed by atoms with Crippen molar-refractivity contribution in [1.29, 1.82) is 0 Å². The van der Waals surface area contributed by atoms with Gasteiger partial charge < -0.3 is 20.1 Å². The second-order valence-corrected chi connectivity index (χ2v) is 18.4. The maximum absolute atomic E-state index is 14.2. The van der Waals surface area contributed by atoms with Gasteiger partial charge in [-0.05, 0) is 136 Å². The van der Waals surface area contributed by atoms with Crippen molar-refractivity contribution in [3.05, 3.63) is 120 Å². The lowest BCUT2D eigenvalue weighted by atomic mass is 10.0. The highest BCUT2D eigenvalue weighted by molar-refractivity contribution is 6.07. The number of aryl methyl sites for hydroxylation is 4. The van der Waals surface area contributed by atoms with Crippen molar-refractivity contribution >= 4 is 29.6 Å². The highest BCUT2D eigenvalue weighted by Crippen LogP contribution is 2.33. The molecule has 8 heterocycles. The Morgan fingerprint density at radius 1 is 0.622 bits per heavy atom. The maximum Gasteiger partial charge on any atom is 0.512 e. The predicted octanol–water partition coefficient (Wildman–Crippen LogP) is 5.89. The number of anilines is 2. The number of amides is 2. The smallest absolute Gasteiger partial charge is 0.407 e. The number of carbonyl (C=O) groups is 3. The van der Waals surface area contributed by atoms with E-state index in [1.54, 1.807) is 86.4 Å². The third-order valence-electron chi connectivity index (χ3n) is 13.4. The van der Waals surface area contributed by atoms with E-state index in [0.717, 1.165) is 70.6 Å². The van der Waals surface area contributed by atoms with E-state index in [9.17, 15) is 14.4 Å². The highest BCUT2D eigenvalue weighted by Gasteiger charge is 2.32. The van der Waals surface area contributed by atoms with Gasteiger partial charge in [-0.3, -0.25) is 28.8 Å². The van der Waals surface area contributed by atoms with Crippen LogP contribution in [0.5, 0.6) is 0 Å². The number of nitrogens with zero attached hydrogens (tertiary/aromatic N) is 16. The minimum Gasteiger partial charge on any atom is -0.407 e. The molecule has 2 fully saturated rings. The molecule has 0 unspecified atom stereocenters. The standard InChI is InChI=1S/C51H56N18O5/c1-31-11-7-25-54-47(31)66(39-13-9-23-52-27-39)49(70)37-19-15-35(16-20-37)41-29-56-64(5)43(41)45-58-62-68(60-45)33(3)73-51(72)74-34(4)69-61-46(59-63-69)44-42(30-57-65(44)6)36-17-21-38(22-18-36)50(71)67(40-14-10-24-53-28-40)48-32(2)12-8-26-55-48/h7-8,11-12,15-22,25-26,29-30,33-34,39-40,52-53H,9-10,13-14,23-24,27-28H2,1-6H3/t33-,34-,39+,40+/m0/s1. The van der Waals surface area contributed by atoms with Crippen molar-refractivity contribution in [3.8, 4) is 45.3 Å². The van der Waals surface area contributed by atoms with E-state index in [-0.39, 0.29) is 35.5 Å². The molecule has 0 spiro atoms. The van der Waals surface area contributed by atoms with Gasteiger partial charge in [0.25, 0.3) is 11.8 Å². The normalized spacial score (nSPS) is 16.6. The second-order valence-electron chi connectivity index (χ2n) is 18.4. The van der Waals surface area contributed by atoms with Crippen molar-refractivity contribution in [2.75, 3.05) is 36.0 Å². The molecular weight excluding hydrogens is 945 g/mol. The van der Waals surface area contributed by atoms with Crippen molar-refractivity contribution in [2.45, 2.75) is 77.9 Å². The van der Waals surface area contributed by atoms with Crippen molar-refractivity contribution in [2.24, 2.45) is 14.1 Å². The summed E-state index contributed by atoms with van der Waals surface area (Å²) in [4.78, 5) is 56.6. The first-order valence-corrected chi connectivity index (χ1v) is 24.6. The molecule has 380 valence electrons. The molecule has 2 saturated heterocycles. The Balaban J connectivity index is 0.784. The first kappa shape index (κ1) is 49.0. The summed E-state index contributed by atoms with van der Waals surface area (Å²) in [7, 11) is 3.52. The molecule has 8 aromatic rings. The molecule has 0 saturated carbocycles. The van der Waals surface area contributed by atoms with Crippen LogP contribution in [0.15, 0.2) is 97.6 Å². The van der Waals surface area contributed by atoms with Crippen LogP contribution in [-0.4, -0.2) is 126 Å². The highest BCUT2D eigenvalue weighted by atomic mass is 16.7. The van der Waals surface area contributed by atoms with E-state index < -0.39 is 18.6 Å². The molecule has 23 heteroatoms. The van der Waals surface area contributed by atoms with E-state index in [1.165, 1.54) is 0 Å². The third kappa shape index (κ3) is 9.97. The Morgan fingerprint density at radius 3 is 1.42 bits per heavy atom. The van der Waals surface area contributed by atoms with Crippen LogP contribution in [0.25, 0.3) is 45.3 Å². The average Bonchev–Trinajstić information content (AvgIpc) is 4.26. The molecule has 2 amide bonds. The summed E-state index contributed by atoms with van der Waals surface area (Å²) in [6.45, 7) is 10.3. The lowest BCUT2D eigenvalue weighted by Gasteiger charge is -2.34. The van der Waals surface area contributed by atoms with E-state index in [0.29, 0.717) is 58.4 Å². The zero-order valence-corrected chi connectivity index (χ0v) is 41.9. The summed E-state index contributed by atoms with van der Waals surface area (Å²) in [6.07, 6.45) is 7.38. The number of nitrogens with one attached hydrogen (secondary N) is 2. The number of rotatable bonds is 14. The molecule has 2 aliphatic rings. The summed E-state index contributed by atoms with van der Waals surface area (Å²) in [5.74, 6) is 1.50. The third-order valence-corrected chi connectivity index (χ3v) is 13.4. The number of hydrogen-bond donors (Lipinski definition) is 2. The Bertz CT molecular complexity index is 3060. The average molecular weight is 1000 g/mol. The van der Waals surface area contributed by atoms with Crippen LogP contribution in [0.2, 0.25) is 0 Å². The molecule has 10 rings (SSSR count). The van der Waals surface area contributed by atoms with E-state index in [1.807, 2.05) is 72.2 Å². The number of piperidine rings is 2. The van der Waals surface area contributed by atoms with Gasteiger partial charge in [0.1, 0.15) is 23.0 Å². The van der Waals surface area contributed by atoms with Crippen LogP contribution in [0.3, 0.4) is 0 Å². The van der Waals surface area contributed by atoms with Crippen LogP contribution >= 0.6 is 0 Å². The lowest BCUT2D eigenvalue weighted by molar-refractivity contribution is -0.0455. The second kappa shape index (κ2) is 21.3. The quantitative estimate of drug-likeness (QED) is 0.121. The van der Waals surface area contributed by atoms with Gasteiger partial charge in [-0.1, -0.05) is 36.4 Å².